The minimum Gasteiger partial charge on any atom is -0.322 e. The second-order valence-corrected chi connectivity index (χ2v) is 9.32. The molecule has 0 fully saturated rings. The van der Waals surface area contributed by atoms with Gasteiger partial charge in [0.15, 0.2) is 0 Å². The molecule has 1 N–H and O–H groups in total. The van der Waals surface area contributed by atoms with Crippen molar-refractivity contribution in [3.05, 3.63) is 94.5 Å². The molecule has 0 aromatic heterocycles. The lowest BCUT2D eigenvalue weighted by Crippen LogP contribution is -2.29. The predicted octanol–water partition coefficient (Wildman–Crippen LogP) is 5.58. The van der Waals surface area contributed by atoms with Gasteiger partial charge in [-0.25, -0.2) is 8.42 Å². The highest BCUT2D eigenvalue weighted by Gasteiger charge is 2.30. The minimum atomic E-state index is -4.46. The standard InChI is InChI=1S/C22H18ClF3N2O3S/c1-32(30,31)28(14-15-2-8-18(23)9-3-15)20-12-4-16(5-13-20)21(29)27-19-10-6-17(7-11-19)22(24,25)26/h2-13H,14H2,1H3,(H,27,29). The van der Waals surface area contributed by atoms with Crippen molar-refractivity contribution in [2.24, 2.45) is 0 Å². The zero-order valence-corrected chi connectivity index (χ0v) is 18.3. The Labute approximate surface area is 188 Å². The lowest BCUT2D eigenvalue weighted by molar-refractivity contribution is -0.137. The molecular formula is C22H18ClF3N2O3S. The van der Waals surface area contributed by atoms with Crippen molar-refractivity contribution >= 4 is 38.9 Å². The highest BCUT2D eigenvalue weighted by atomic mass is 35.5. The summed E-state index contributed by atoms with van der Waals surface area (Å²) in [6.45, 7) is 0.0765. The zero-order valence-electron chi connectivity index (χ0n) is 16.7. The fraction of sp³-hybridized carbons (Fsp3) is 0.136. The topological polar surface area (TPSA) is 66.5 Å². The molecule has 0 spiro atoms. The van der Waals surface area contributed by atoms with Gasteiger partial charge in [-0.2, -0.15) is 13.2 Å². The highest BCUT2D eigenvalue weighted by Crippen LogP contribution is 2.30. The number of carbonyl (C=O) groups excluding carboxylic acids is 1. The molecule has 5 nitrogen and oxygen atoms in total. The van der Waals surface area contributed by atoms with Crippen molar-refractivity contribution < 1.29 is 26.4 Å². The SMILES string of the molecule is CS(=O)(=O)N(Cc1ccc(Cl)cc1)c1ccc(C(=O)Nc2ccc(C(F)(F)F)cc2)cc1. The smallest absolute Gasteiger partial charge is 0.322 e. The minimum absolute atomic E-state index is 0.0765. The molecule has 168 valence electrons. The van der Waals surface area contributed by atoms with Crippen molar-refractivity contribution in [1.29, 1.82) is 0 Å². The number of hydrogen-bond acceptors (Lipinski definition) is 3. The third-order valence-electron chi connectivity index (χ3n) is 4.53. The van der Waals surface area contributed by atoms with Gasteiger partial charge in [0.1, 0.15) is 0 Å². The van der Waals surface area contributed by atoms with E-state index >= 15 is 0 Å². The van der Waals surface area contributed by atoms with E-state index in [1.807, 2.05) is 0 Å². The first-order valence-corrected chi connectivity index (χ1v) is 11.5. The Morgan fingerprint density at radius 2 is 1.50 bits per heavy atom. The summed E-state index contributed by atoms with van der Waals surface area (Å²) in [5.41, 5.74) is 0.681. The van der Waals surface area contributed by atoms with Crippen LogP contribution in [0.25, 0.3) is 0 Å². The predicted molar refractivity (Wildman–Crippen MR) is 118 cm³/mol. The number of alkyl halides is 3. The molecule has 0 aliphatic rings. The number of anilines is 2. The Kier molecular flexibility index (Phi) is 6.80. The van der Waals surface area contributed by atoms with E-state index in [9.17, 15) is 26.4 Å². The van der Waals surface area contributed by atoms with E-state index in [1.54, 1.807) is 24.3 Å². The highest BCUT2D eigenvalue weighted by molar-refractivity contribution is 7.92. The van der Waals surface area contributed by atoms with E-state index in [0.717, 1.165) is 36.1 Å². The van der Waals surface area contributed by atoms with Crippen LogP contribution >= 0.6 is 11.6 Å². The third-order valence-corrected chi connectivity index (χ3v) is 5.92. The molecule has 0 radical (unpaired) electrons. The monoisotopic (exact) mass is 482 g/mol. The molecule has 0 saturated heterocycles. The van der Waals surface area contributed by atoms with Crippen molar-refractivity contribution in [1.82, 2.24) is 0 Å². The Morgan fingerprint density at radius 1 is 0.938 bits per heavy atom. The van der Waals surface area contributed by atoms with Gasteiger partial charge < -0.3 is 5.32 Å². The molecule has 0 saturated carbocycles. The summed E-state index contributed by atoms with van der Waals surface area (Å²) in [5.74, 6) is -0.542. The summed E-state index contributed by atoms with van der Waals surface area (Å²) in [6.07, 6.45) is -3.38. The van der Waals surface area contributed by atoms with Crippen LogP contribution in [0.5, 0.6) is 0 Å². The van der Waals surface area contributed by atoms with Gasteiger partial charge >= 0.3 is 6.18 Å². The molecule has 32 heavy (non-hydrogen) atoms. The second-order valence-electron chi connectivity index (χ2n) is 6.97. The molecule has 3 rings (SSSR count). The van der Waals surface area contributed by atoms with E-state index in [1.165, 1.54) is 28.6 Å². The van der Waals surface area contributed by atoms with E-state index in [2.05, 4.69) is 5.32 Å². The van der Waals surface area contributed by atoms with E-state index in [4.69, 9.17) is 11.6 Å². The number of benzene rings is 3. The van der Waals surface area contributed by atoms with Gasteiger partial charge in [-0.3, -0.25) is 9.10 Å². The number of carbonyl (C=O) groups is 1. The van der Waals surface area contributed by atoms with Crippen LogP contribution in [-0.2, 0) is 22.7 Å². The second kappa shape index (κ2) is 9.22. The number of sulfonamides is 1. The average Bonchev–Trinajstić information content (AvgIpc) is 2.72. The molecule has 0 heterocycles. The van der Waals surface area contributed by atoms with Crippen LogP contribution in [0.2, 0.25) is 5.02 Å². The maximum Gasteiger partial charge on any atom is 0.416 e. The Balaban J connectivity index is 1.75. The van der Waals surface area contributed by atoms with Crippen molar-refractivity contribution in [2.75, 3.05) is 15.9 Å². The molecule has 1 amide bonds. The van der Waals surface area contributed by atoms with E-state index in [-0.39, 0.29) is 17.8 Å². The molecule has 0 aliphatic heterocycles. The summed E-state index contributed by atoms with van der Waals surface area (Å²) in [4.78, 5) is 12.4. The fourth-order valence-corrected chi connectivity index (χ4v) is 3.89. The first-order chi connectivity index (χ1) is 14.9. The molecule has 10 heteroatoms. The maximum atomic E-state index is 12.6. The van der Waals surface area contributed by atoms with Gasteiger partial charge in [0.25, 0.3) is 5.91 Å². The average molecular weight is 483 g/mol. The number of hydrogen-bond donors (Lipinski definition) is 1. The summed E-state index contributed by atoms with van der Waals surface area (Å²) >= 11 is 5.87. The van der Waals surface area contributed by atoms with Crippen molar-refractivity contribution in [2.45, 2.75) is 12.7 Å². The van der Waals surface area contributed by atoms with Crippen LogP contribution in [0.15, 0.2) is 72.8 Å². The van der Waals surface area contributed by atoms with Crippen LogP contribution in [0.3, 0.4) is 0 Å². The summed E-state index contributed by atoms with van der Waals surface area (Å²) in [5, 5.41) is 3.04. The van der Waals surface area contributed by atoms with E-state index < -0.39 is 27.7 Å². The van der Waals surface area contributed by atoms with Crippen molar-refractivity contribution in [3.63, 3.8) is 0 Å². The third kappa shape index (κ3) is 6.02. The number of nitrogens with zero attached hydrogens (tertiary/aromatic N) is 1. The van der Waals surface area contributed by atoms with Gasteiger partial charge in [-0.1, -0.05) is 23.7 Å². The van der Waals surface area contributed by atoms with Gasteiger partial charge in [0.2, 0.25) is 10.0 Å². The summed E-state index contributed by atoms with van der Waals surface area (Å²) in [6, 6.07) is 16.7. The van der Waals surface area contributed by atoms with Crippen LogP contribution in [-0.4, -0.2) is 20.6 Å². The number of halogens is 4. The fourth-order valence-electron chi connectivity index (χ4n) is 2.88. The lowest BCUT2D eigenvalue weighted by Gasteiger charge is -2.23. The molecule has 0 unspecified atom stereocenters. The van der Waals surface area contributed by atoms with Gasteiger partial charge in [0, 0.05) is 16.3 Å². The van der Waals surface area contributed by atoms with Crippen LogP contribution in [0.4, 0.5) is 24.5 Å². The molecule has 0 bridgehead atoms. The normalized spacial score (nSPS) is 11.8. The van der Waals surface area contributed by atoms with Gasteiger partial charge in [0.05, 0.1) is 24.1 Å². The van der Waals surface area contributed by atoms with Crippen molar-refractivity contribution in [3.8, 4) is 0 Å². The molecule has 3 aromatic carbocycles. The maximum absolute atomic E-state index is 12.6. The Hall–Kier alpha value is -3.04. The zero-order chi connectivity index (χ0) is 23.5. The quantitative estimate of drug-likeness (QED) is 0.499. The Bertz CT molecular complexity index is 1200. The summed E-state index contributed by atoms with van der Waals surface area (Å²) in [7, 11) is -3.62. The van der Waals surface area contributed by atoms with Gasteiger partial charge in [-0.05, 0) is 66.2 Å². The van der Waals surface area contributed by atoms with Crippen LogP contribution in [0.1, 0.15) is 21.5 Å². The van der Waals surface area contributed by atoms with E-state index in [0.29, 0.717) is 10.7 Å². The first kappa shape index (κ1) is 23.6. The molecule has 0 aliphatic carbocycles. The number of rotatable bonds is 6. The lowest BCUT2D eigenvalue weighted by atomic mass is 10.1. The van der Waals surface area contributed by atoms with Gasteiger partial charge in [-0.15, -0.1) is 0 Å². The Morgan fingerprint density at radius 3 is 2.00 bits per heavy atom. The van der Waals surface area contributed by atoms with Crippen LogP contribution in [0, 0.1) is 0 Å². The number of amides is 1. The summed E-state index contributed by atoms with van der Waals surface area (Å²) < 4.78 is 63.7. The number of nitrogens with one attached hydrogen (secondary N) is 1. The largest absolute Gasteiger partial charge is 0.416 e. The molecule has 0 atom stereocenters. The van der Waals surface area contributed by atoms with Crippen LogP contribution < -0.4 is 9.62 Å². The molecular weight excluding hydrogens is 465 g/mol. The molecule has 3 aromatic rings. The first-order valence-electron chi connectivity index (χ1n) is 9.24.